The van der Waals surface area contributed by atoms with Gasteiger partial charge in [0, 0.05) is 0 Å². The van der Waals surface area contributed by atoms with Gasteiger partial charge in [0.1, 0.15) is 0 Å². The first-order chi connectivity index (χ1) is 7.23. The zero-order chi connectivity index (χ0) is 12.5. The van der Waals surface area contributed by atoms with Gasteiger partial charge in [-0.25, -0.2) is 0 Å². The Morgan fingerprint density at radius 2 is 1.94 bits per heavy atom. The third-order valence-corrected chi connectivity index (χ3v) is 2.53. The van der Waals surface area contributed by atoms with Crippen molar-refractivity contribution in [2.75, 3.05) is 0 Å². The molecule has 6 heteroatoms. The molecule has 0 aliphatic carbocycles. The molecule has 90 valence electrons. The van der Waals surface area contributed by atoms with Crippen molar-refractivity contribution in [3.8, 4) is 0 Å². The van der Waals surface area contributed by atoms with Gasteiger partial charge >= 0.3 is 6.18 Å². The summed E-state index contributed by atoms with van der Waals surface area (Å²) in [6.07, 6.45) is -5.45. The molecular formula is C10H11ClF3NO. The molecule has 0 bridgehead atoms. The van der Waals surface area contributed by atoms with Gasteiger partial charge in [0.15, 0.2) is 0 Å². The van der Waals surface area contributed by atoms with Gasteiger partial charge in [0.05, 0.1) is 22.7 Å². The van der Waals surface area contributed by atoms with Gasteiger partial charge in [-0.3, -0.25) is 0 Å². The second-order valence-electron chi connectivity index (χ2n) is 3.50. The van der Waals surface area contributed by atoms with E-state index in [4.69, 9.17) is 17.3 Å². The number of halogens is 4. The minimum atomic E-state index is -4.52. The molecular weight excluding hydrogens is 243 g/mol. The molecule has 0 aromatic heterocycles. The second kappa shape index (κ2) is 4.61. The lowest BCUT2D eigenvalue weighted by Crippen LogP contribution is -2.23. The summed E-state index contributed by atoms with van der Waals surface area (Å²) in [5, 5.41) is 8.82. The molecule has 0 aliphatic rings. The van der Waals surface area contributed by atoms with Crippen LogP contribution in [0.4, 0.5) is 13.2 Å². The Bertz CT molecular complexity index is 379. The first-order valence-electron chi connectivity index (χ1n) is 4.53. The zero-order valence-electron chi connectivity index (χ0n) is 8.42. The lowest BCUT2D eigenvalue weighted by Gasteiger charge is -2.17. The molecule has 0 amide bonds. The van der Waals surface area contributed by atoms with Crippen LogP contribution in [0, 0.1) is 0 Å². The molecule has 0 saturated carbocycles. The minimum Gasteiger partial charge on any atom is -0.391 e. The fourth-order valence-electron chi connectivity index (χ4n) is 1.25. The number of nitrogens with two attached hydrogens (primary N) is 1. The van der Waals surface area contributed by atoms with Crippen LogP contribution in [-0.2, 0) is 6.18 Å². The number of hydrogen-bond donors (Lipinski definition) is 2. The summed E-state index contributed by atoms with van der Waals surface area (Å²) < 4.78 is 37.5. The van der Waals surface area contributed by atoms with E-state index in [2.05, 4.69) is 0 Å². The average Bonchev–Trinajstić information content (AvgIpc) is 2.15. The van der Waals surface area contributed by atoms with Crippen molar-refractivity contribution in [2.45, 2.75) is 25.2 Å². The van der Waals surface area contributed by atoms with Crippen LogP contribution in [0.15, 0.2) is 18.2 Å². The van der Waals surface area contributed by atoms with Crippen LogP contribution < -0.4 is 5.73 Å². The summed E-state index contributed by atoms with van der Waals surface area (Å²) in [5.41, 5.74) is 4.80. The molecule has 2 atom stereocenters. The van der Waals surface area contributed by atoms with Gasteiger partial charge in [0.2, 0.25) is 0 Å². The van der Waals surface area contributed by atoms with Crippen LogP contribution in [0.5, 0.6) is 0 Å². The van der Waals surface area contributed by atoms with Crippen LogP contribution in [-0.4, -0.2) is 11.2 Å². The van der Waals surface area contributed by atoms with Crippen LogP contribution in [0.3, 0.4) is 0 Å². The first kappa shape index (κ1) is 13.3. The Hall–Kier alpha value is -0.780. The Morgan fingerprint density at radius 3 is 2.38 bits per heavy atom. The Labute approximate surface area is 95.8 Å². The third kappa shape index (κ3) is 2.87. The van der Waals surface area contributed by atoms with E-state index in [1.54, 1.807) is 0 Å². The number of hydrogen-bond acceptors (Lipinski definition) is 2. The lowest BCUT2D eigenvalue weighted by atomic mass is 10.0. The highest BCUT2D eigenvalue weighted by Gasteiger charge is 2.33. The van der Waals surface area contributed by atoms with Gasteiger partial charge in [-0.15, -0.1) is 0 Å². The topological polar surface area (TPSA) is 46.2 Å². The van der Waals surface area contributed by atoms with Crippen molar-refractivity contribution < 1.29 is 18.3 Å². The van der Waals surface area contributed by atoms with Gasteiger partial charge in [-0.1, -0.05) is 17.7 Å². The summed E-state index contributed by atoms with van der Waals surface area (Å²) in [7, 11) is 0. The maximum absolute atomic E-state index is 12.5. The first-order valence-corrected chi connectivity index (χ1v) is 4.91. The maximum Gasteiger partial charge on any atom is 0.417 e. The highest BCUT2D eigenvalue weighted by atomic mass is 35.5. The highest BCUT2D eigenvalue weighted by molar-refractivity contribution is 6.31. The smallest absolute Gasteiger partial charge is 0.391 e. The molecule has 3 N–H and O–H groups in total. The fraction of sp³-hybridized carbons (Fsp3) is 0.400. The quantitative estimate of drug-likeness (QED) is 0.851. The summed E-state index contributed by atoms with van der Waals surface area (Å²) in [4.78, 5) is 0. The third-order valence-electron chi connectivity index (χ3n) is 2.20. The Morgan fingerprint density at radius 1 is 1.38 bits per heavy atom. The number of alkyl halides is 3. The normalized spacial score (nSPS) is 15.9. The summed E-state index contributed by atoms with van der Waals surface area (Å²) >= 11 is 5.44. The number of benzene rings is 1. The second-order valence-corrected chi connectivity index (χ2v) is 3.91. The molecule has 16 heavy (non-hydrogen) atoms. The van der Waals surface area contributed by atoms with Crippen LogP contribution in [0.2, 0.25) is 5.02 Å². The highest BCUT2D eigenvalue weighted by Crippen LogP contribution is 2.36. The minimum absolute atomic E-state index is 0.201. The lowest BCUT2D eigenvalue weighted by molar-refractivity contribution is -0.137. The zero-order valence-corrected chi connectivity index (χ0v) is 9.18. The molecule has 0 aliphatic heterocycles. The van der Waals surface area contributed by atoms with Crippen molar-refractivity contribution in [1.82, 2.24) is 0 Å². The van der Waals surface area contributed by atoms with Crippen molar-refractivity contribution >= 4 is 11.6 Å². The van der Waals surface area contributed by atoms with Crippen molar-refractivity contribution in [1.29, 1.82) is 0 Å². The van der Waals surface area contributed by atoms with E-state index < -0.39 is 23.9 Å². The van der Waals surface area contributed by atoms with E-state index in [-0.39, 0.29) is 10.6 Å². The SMILES string of the molecule is CC(O)C(N)c1ccc(Cl)c(C(F)(F)F)c1. The van der Waals surface area contributed by atoms with Gasteiger partial charge in [-0.05, 0) is 24.6 Å². The van der Waals surface area contributed by atoms with Gasteiger partial charge < -0.3 is 10.8 Å². The number of rotatable bonds is 2. The monoisotopic (exact) mass is 253 g/mol. The van der Waals surface area contributed by atoms with Gasteiger partial charge in [0.25, 0.3) is 0 Å². The standard InChI is InChI=1S/C10H11ClF3NO/c1-5(16)9(15)6-2-3-8(11)7(4-6)10(12,13)14/h2-5,9,16H,15H2,1H3. The van der Waals surface area contributed by atoms with E-state index in [9.17, 15) is 18.3 Å². The number of aliphatic hydroxyl groups excluding tert-OH is 1. The molecule has 1 aromatic carbocycles. The molecule has 0 saturated heterocycles. The molecule has 0 spiro atoms. The Kier molecular flexibility index (Phi) is 3.83. The molecule has 0 radical (unpaired) electrons. The van der Waals surface area contributed by atoms with E-state index in [0.717, 1.165) is 12.1 Å². The molecule has 1 aromatic rings. The van der Waals surface area contributed by atoms with E-state index in [0.29, 0.717) is 0 Å². The average molecular weight is 254 g/mol. The van der Waals surface area contributed by atoms with Crippen LogP contribution in [0.25, 0.3) is 0 Å². The maximum atomic E-state index is 12.5. The molecule has 0 heterocycles. The van der Waals surface area contributed by atoms with E-state index in [1.165, 1.54) is 13.0 Å². The van der Waals surface area contributed by atoms with E-state index >= 15 is 0 Å². The van der Waals surface area contributed by atoms with Crippen molar-refractivity contribution in [2.24, 2.45) is 5.73 Å². The van der Waals surface area contributed by atoms with Crippen LogP contribution >= 0.6 is 11.6 Å². The molecule has 0 fully saturated rings. The van der Waals surface area contributed by atoms with Gasteiger partial charge in [-0.2, -0.15) is 13.2 Å². The van der Waals surface area contributed by atoms with Crippen LogP contribution in [0.1, 0.15) is 24.1 Å². The Balaban J connectivity index is 3.18. The fourth-order valence-corrected chi connectivity index (χ4v) is 1.47. The largest absolute Gasteiger partial charge is 0.417 e. The molecule has 2 nitrogen and oxygen atoms in total. The summed E-state index contributed by atoms with van der Waals surface area (Å²) in [6, 6.07) is 2.50. The summed E-state index contributed by atoms with van der Waals surface area (Å²) in [5.74, 6) is 0. The predicted molar refractivity (Wildman–Crippen MR) is 55.1 cm³/mol. The molecule has 2 unspecified atom stereocenters. The van der Waals surface area contributed by atoms with Crippen molar-refractivity contribution in [3.63, 3.8) is 0 Å². The molecule has 1 rings (SSSR count). The summed E-state index contributed by atoms with van der Waals surface area (Å²) in [6.45, 7) is 1.41. The van der Waals surface area contributed by atoms with E-state index in [1.807, 2.05) is 0 Å². The van der Waals surface area contributed by atoms with Crippen molar-refractivity contribution in [3.05, 3.63) is 34.3 Å². The number of aliphatic hydroxyl groups is 1. The predicted octanol–water partition coefficient (Wildman–Crippen LogP) is 2.74.